The van der Waals surface area contributed by atoms with Crippen LogP contribution in [0.3, 0.4) is 0 Å². The highest BCUT2D eigenvalue weighted by molar-refractivity contribution is 6.41. The fourth-order valence-electron chi connectivity index (χ4n) is 3.04. The molecule has 4 nitrogen and oxygen atoms in total. The van der Waals surface area contributed by atoms with Gasteiger partial charge in [0.2, 0.25) is 5.89 Å². The Hall–Kier alpha value is -0.770. The van der Waals surface area contributed by atoms with E-state index < -0.39 is 5.34 Å². The number of hydrogen-bond donors (Lipinski definition) is 1. The first-order valence-electron chi connectivity index (χ1n) is 5.12. The van der Waals surface area contributed by atoms with Crippen LogP contribution in [0.2, 0.25) is 0 Å². The highest BCUT2D eigenvalue weighted by atomic mass is 16.5. The zero-order valence-electron chi connectivity index (χ0n) is 8.82. The number of rotatable bonds is 1. The second kappa shape index (κ2) is 2.48. The number of aryl methyl sites for hydroxylation is 1. The summed E-state index contributed by atoms with van der Waals surface area (Å²) in [6.07, 6.45) is 0. The van der Waals surface area contributed by atoms with E-state index in [1.54, 1.807) is 0 Å². The van der Waals surface area contributed by atoms with Gasteiger partial charge in [0.25, 0.3) is 0 Å². The first-order chi connectivity index (χ1) is 6.98. The van der Waals surface area contributed by atoms with Gasteiger partial charge in [-0.3, -0.25) is 0 Å². The monoisotopic (exact) mass is 199 g/mol. The van der Waals surface area contributed by atoms with Gasteiger partial charge in [0.1, 0.15) is 0 Å². The van der Waals surface area contributed by atoms with E-state index in [2.05, 4.69) is 22.4 Å². The van der Waals surface area contributed by atoms with Gasteiger partial charge in [0.15, 0.2) is 5.82 Å². The van der Waals surface area contributed by atoms with E-state index in [1.807, 2.05) is 6.92 Å². The van der Waals surface area contributed by atoms with E-state index >= 15 is 0 Å². The van der Waals surface area contributed by atoms with Crippen molar-refractivity contribution in [2.45, 2.75) is 24.6 Å². The third-order valence-corrected chi connectivity index (χ3v) is 3.89. The van der Waals surface area contributed by atoms with Gasteiger partial charge in [-0.1, -0.05) is 17.4 Å². The average Bonchev–Trinajstić information content (AvgIpc) is 2.47. The second-order valence-corrected chi connectivity index (χ2v) is 4.74. The molecule has 4 radical (unpaired) electrons. The SMILES string of the molecule is [B]C1([B])NC[C@@]2(c3nc(C)no3)C1[C@H]2C. The van der Waals surface area contributed by atoms with Crippen molar-refractivity contribution in [3.63, 3.8) is 0 Å². The van der Waals surface area contributed by atoms with E-state index in [0.29, 0.717) is 24.2 Å². The maximum Gasteiger partial charge on any atom is 0.234 e. The molecule has 1 aromatic rings. The molecule has 15 heavy (non-hydrogen) atoms. The standard InChI is InChI=1S/C9H11B2N3O/c1-4-6-8(4,3-12-9(6,10)11)7-13-5(2)14-15-7/h4,6,12H,3H2,1-2H3/t4-,6?,8+/m1/s1. The lowest BCUT2D eigenvalue weighted by Crippen LogP contribution is -2.45. The van der Waals surface area contributed by atoms with Gasteiger partial charge in [-0.2, -0.15) is 4.98 Å². The van der Waals surface area contributed by atoms with Crippen molar-refractivity contribution in [3.8, 4) is 0 Å². The molecule has 1 aliphatic carbocycles. The zero-order chi connectivity index (χ0) is 10.8. The zero-order valence-corrected chi connectivity index (χ0v) is 8.82. The van der Waals surface area contributed by atoms with Crippen molar-refractivity contribution in [1.29, 1.82) is 0 Å². The minimum atomic E-state index is -0.804. The average molecular weight is 199 g/mol. The molecule has 6 heteroatoms. The molecule has 0 spiro atoms. The Bertz CT molecular complexity index is 419. The number of nitrogens with zero attached hydrogens (tertiary/aromatic N) is 2. The summed E-state index contributed by atoms with van der Waals surface area (Å²) in [7, 11) is 11.9. The van der Waals surface area contributed by atoms with Gasteiger partial charge < -0.3 is 9.84 Å². The summed E-state index contributed by atoms with van der Waals surface area (Å²) in [6.45, 7) is 4.65. The van der Waals surface area contributed by atoms with Gasteiger partial charge >= 0.3 is 0 Å². The maximum atomic E-state index is 5.96. The Kier molecular flexibility index (Phi) is 1.57. The summed E-state index contributed by atoms with van der Waals surface area (Å²) < 4.78 is 5.24. The van der Waals surface area contributed by atoms with E-state index in [4.69, 9.17) is 20.2 Å². The van der Waals surface area contributed by atoms with Crippen LogP contribution in [0.15, 0.2) is 4.52 Å². The number of hydrogen-bond acceptors (Lipinski definition) is 4. The maximum absolute atomic E-state index is 5.96. The van der Waals surface area contributed by atoms with Crippen LogP contribution in [0.4, 0.5) is 0 Å². The Balaban J connectivity index is 2.01. The molecule has 74 valence electrons. The lowest BCUT2D eigenvalue weighted by molar-refractivity contribution is 0.336. The number of fused-ring (bicyclic) bond motifs is 1. The minimum absolute atomic E-state index is 0.134. The Morgan fingerprint density at radius 3 is 2.73 bits per heavy atom. The Morgan fingerprint density at radius 1 is 1.53 bits per heavy atom. The number of piperidine rings is 1. The lowest BCUT2D eigenvalue weighted by atomic mass is 9.59. The van der Waals surface area contributed by atoms with Gasteiger partial charge in [0, 0.05) is 6.54 Å². The molecule has 1 saturated heterocycles. The molecule has 2 aliphatic rings. The molecule has 3 atom stereocenters. The van der Waals surface area contributed by atoms with Crippen LogP contribution in [0.25, 0.3) is 0 Å². The fraction of sp³-hybridized carbons (Fsp3) is 0.778. The predicted octanol–water partition coefficient (Wildman–Crippen LogP) is -0.524. The molecular formula is C9H11B2N3O. The summed E-state index contributed by atoms with van der Waals surface area (Å²) in [5, 5.41) is 6.12. The molecule has 1 unspecified atom stereocenters. The van der Waals surface area contributed by atoms with Gasteiger partial charge in [-0.25, -0.2) is 0 Å². The van der Waals surface area contributed by atoms with Crippen molar-refractivity contribution in [2.75, 3.05) is 6.54 Å². The summed E-state index contributed by atoms with van der Waals surface area (Å²) in [6, 6.07) is 0. The second-order valence-electron chi connectivity index (χ2n) is 4.74. The molecule has 2 heterocycles. The van der Waals surface area contributed by atoms with Crippen LogP contribution in [-0.4, -0.2) is 37.7 Å². The molecule has 1 N–H and O–H groups in total. The molecule has 1 aliphatic heterocycles. The van der Waals surface area contributed by atoms with Crippen molar-refractivity contribution < 1.29 is 4.52 Å². The quantitative estimate of drug-likeness (QED) is 0.617. The first kappa shape index (κ1) is 9.46. The highest BCUT2D eigenvalue weighted by Crippen LogP contribution is 2.65. The third kappa shape index (κ3) is 0.981. The molecule has 0 bridgehead atoms. The van der Waals surface area contributed by atoms with Crippen molar-refractivity contribution >= 4 is 15.7 Å². The van der Waals surface area contributed by atoms with E-state index in [0.717, 1.165) is 0 Å². The lowest BCUT2D eigenvalue weighted by Gasteiger charge is -2.22. The van der Waals surface area contributed by atoms with Crippen LogP contribution < -0.4 is 5.32 Å². The van der Waals surface area contributed by atoms with Crippen LogP contribution >= 0.6 is 0 Å². The Labute approximate surface area is 91.0 Å². The first-order valence-corrected chi connectivity index (χ1v) is 5.12. The predicted molar refractivity (Wildman–Crippen MR) is 55.6 cm³/mol. The highest BCUT2D eigenvalue weighted by Gasteiger charge is 2.73. The summed E-state index contributed by atoms with van der Waals surface area (Å²) in [4.78, 5) is 4.29. The molecule has 1 aromatic heterocycles. The summed E-state index contributed by atoms with van der Waals surface area (Å²) in [5.74, 6) is 1.91. The smallest absolute Gasteiger partial charge is 0.234 e. The minimum Gasteiger partial charge on any atom is -0.339 e. The van der Waals surface area contributed by atoms with Crippen molar-refractivity contribution in [3.05, 3.63) is 11.7 Å². The molecule has 0 aromatic carbocycles. The van der Waals surface area contributed by atoms with Crippen LogP contribution in [0.5, 0.6) is 0 Å². The molecular weight excluding hydrogens is 188 g/mol. The third-order valence-electron chi connectivity index (χ3n) is 3.89. The molecule has 2 fully saturated rings. The largest absolute Gasteiger partial charge is 0.339 e. The van der Waals surface area contributed by atoms with Crippen molar-refractivity contribution in [1.82, 2.24) is 15.5 Å². The van der Waals surface area contributed by atoms with E-state index in [1.165, 1.54) is 0 Å². The van der Waals surface area contributed by atoms with Crippen LogP contribution in [0, 0.1) is 18.8 Å². The normalized spacial score (nSPS) is 41.5. The number of aromatic nitrogens is 2. The fourth-order valence-corrected chi connectivity index (χ4v) is 3.04. The topological polar surface area (TPSA) is 51.0 Å². The Morgan fingerprint density at radius 2 is 2.27 bits per heavy atom. The summed E-state index contributed by atoms with van der Waals surface area (Å²) >= 11 is 0. The van der Waals surface area contributed by atoms with Gasteiger partial charge in [-0.05, 0) is 18.8 Å². The summed E-state index contributed by atoms with van der Waals surface area (Å²) in [5.41, 5.74) is -0.134. The van der Waals surface area contributed by atoms with Crippen LogP contribution in [0.1, 0.15) is 18.6 Å². The molecule has 3 rings (SSSR count). The van der Waals surface area contributed by atoms with E-state index in [9.17, 15) is 0 Å². The van der Waals surface area contributed by atoms with E-state index in [-0.39, 0.29) is 11.3 Å². The van der Waals surface area contributed by atoms with Crippen molar-refractivity contribution in [2.24, 2.45) is 11.8 Å². The van der Waals surface area contributed by atoms with Gasteiger partial charge in [-0.15, -0.1) is 0 Å². The number of nitrogens with one attached hydrogen (secondary N) is 1. The molecule has 1 saturated carbocycles. The van der Waals surface area contributed by atoms with Gasteiger partial charge in [0.05, 0.1) is 21.1 Å². The van der Waals surface area contributed by atoms with Crippen LogP contribution in [-0.2, 0) is 5.41 Å². The molecule has 0 amide bonds.